The van der Waals surface area contributed by atoms with Crippen LogP contribution in [0.15, 0.2) is 109 Å². The van der Waals surface area contributed by atoms with E-state index in [2.05, 4.69) is 130 Å². The van der Waals surface area contributed by atoms with Crippen molar-refractivity contribution < 1.29 is 28.6 Å². The lowest BCUT2D eigenvalue weighted by Crippen LogP contribution is -2.30. The van der Waals surface area contributed by atoms with Crippen molar-refractivity contribution in [2.45, 2.75) is 232 Å². The Kier molecular flexibility index (Phi) is 49.5. The minimum atomic E-state index is -0.836. The highest BCUT2D eigenvalue weighted by atomic mass is 16.6. The van der Waals surface area contributed by atoms with E-state index < -0.39 is 6.10 Å². The van der Waals surface area contributed by atoms with Gasteiger partial charge in [-0.25, -0.2) is 0 Å². The zero-order valence-corrected chi connectivity index (χ0v) is 42.0. The zero-order chi connectivity index (χ0) is 47.2. The van der Waals surface area contributed by atoms with Crippen LogP contribution in [0.25, 0.3) is 0 Å². The van der Waals surface area contributed by atoms with Crippen molar-refractivity contribution in [1.29, 1.82) is 0 Å². The van der Waals surface area contributed by atoms with E-state index in [4.69, 9.17) is 14.2 Å². The summed E-state index contributed by atoms with van der Waals surface area (Å²) in [7, 11) is 0. The molecule has 65 heavy (non-hydrogen) atoms. The van der Waals surface area contributed by atoms with Gasteiger partial charge in [-0.2, -0.15) is 0 Å². The van der Waals surface area contributed by atoms with E-state index in [1.54, 1.807) is 0 Å². The summed E-state index contributed by atoms with van der Waals surface area (Å²) in [6.45, 7) is 6.45. The van der Waals surface area contributed by atoms with E-state index in [1.165, 1.54) is 89.9 Å². The molecule has 6 nitrogen and oxygen atoms in total. The maximum Gasteiger partial charge on any atom is 0.306 e. The Morgan fingerprint density at radius 1 is 0.308 bits per heavy atom. The first kappa shape index (κ1) is 61.1. The van der Waals surface area contributed by atoms with Gasteiger partial charge in [0.25, 0.3) is 0 Å². The molecule has 6 heteroatoms. The van der Waals surface area contributed by atoms with Crippen LogP contribution in [0.1, 0.15) is 226 Å². The highest BCUT2D eigenvalue weighted by molar-refractivity contribution is 5.71. The number of carbonyl (C=O) groups excluding carboxylic acids is 3. The lowest BCUT2D eigenvalue weighted by atomic mass is 10.1. The summed E-state index contributed by atoms with van der Waals surface area (Å²) in [6.07, 6.45) is 70.8. The number of esters is 3. The van der Waals surface area contributed by atoms with E-state index in [0.717, 1.165) is 83.5 Å². The van der Waals surface area contributed by atoms with E-state index in [9.17, 15) is 14.4 Å². The third-order valence-corrected chi connectivity index (χ3v) is 10.7. The predicted octanol–water partition coefficient (Wildman–Crippen LogP) is 17.5. The maximum absolute atomic E-state index is 12.8. The number of hydrogen-bond donors (Lipinski definition) is 0. The van der Waals surface area contributed by atoms with Crippen LogP contribution in [0.5, 0.6) is 0 Å². The molecule has 0 N–H and O–H groups in total. The predicted molar refractivity (Wildman–Crippen MR) is 279 cm³/mol. The van der Waals surface area contributed by atoms with E-state index >= 15 is 0 Å². The molecule has 0 aromatic heterocycles. The molecule has 1 atom stereocenters. The molecule has 368 valence electrons. The molecule has 0 aliphatic carbocycles. The normalized spacial score (nSPS) is 13.0. The number of ether oxygens (including phenoxy) is 3. The highest BCUT2D eigenvalue weighted by Crippen LogP contribution is 2.11. The fraction of sp³-hybridized carbons (Fsp3) is 0.644. The molecular formula is C59H96O6. The van der Waals surface area contributed by atoms with Gasteiger partial charge in [-0.1, -0.05) is 194 Å². The summed E-state index contributed by atoms with van der Waals surface area (Å²) in [5, 5.41) is 0. The Hall–Kier alpha value is -3.93. The molecule has 0 aromatic carbocycles. The molecule has 0 spiro atoms. The van der Waals surface area contributed by atoms with Gasteiger partial charge in [0, 0.05) is 19.3 Å². The second-order valence-electron chi connectivity index (χ2n) is 17.1. The van der Waals surface area contributed by atoms with Crippen LogP contribution in [0.3, 0.4) is 0 Å². The molecule has 0 aromatic rings. The summed E-state index contributed by atoms with van der Waals surface area (Å²) in [6, 6.07) is 0. The van der Waals surface area contributed by atoms with Crippen LogP contribution in [0.2, 0.25) is 0 Å². The van der Waals surface area contributed by atoms with Gasteiger partial charge in [0.15, 0.2) is 6.10 Å². The Bertz CT molecular complexity index is 1360. The Balaban J connectivity index is 4.60. The summed E-state index contributed by atoms with van der Waals surface area (Å²) < 4.78 is 16.7. The molecule has 0 saturated heterocycles. The summed E-state index contributed by atoms with van der Waals surface area (Å²) >= 11 is 0. The second-order valence-corrected chi connectivity index (χ2v) is 17.1. The van der Waals surface area contributed by atoms with Gasteiger partial charge in [0.2, 0.25) is 0 Å². The minimum Gasteiger partial charge on any atom is -0.462 e. The van der Waals surface area contributed by atoms with Crippen LogP contribution in [-0.4, -0.2) is 37.2 Å². The summed E-state index contributed by atoms with van der Waals surface area (Å²) in [5.41, 5.74) is 0. The molecular weight excluding hydrogens is 805 g/mol. The quantitative estimate of drug-likeness (QED) is 0.0262. The maximum atomic E-state index is 12.8. The Morgan fingerprint density at radius 3 is 0.969 bits per heavy atom. The van der Waals surface area contributed by atoms with Gasteiger partial charge >= 0.3 is 17.9 Å². The Labute approximate surface area is 400 Å². The van der Waals surface area contributed by atoms with Crippen molar-refractivity contribution in [2.75, 3.05) is 13.2 Å². The number of unbranched alkanes of at least 4 members (excludes halogenated alkanes) is 17. The van der Waals surface area contributed by atoms with Gasteiger partial charge in [0.1, 0.15) is 13.2 Å². The van der Waals surface area contributed by atoms with Crippen molar-refractivity contribution in [3.05, 3.63) is 109 Å². The lowest BCUT2D eigenvalue weighted by Gasteiger charge is -2.18. The highest BCUT2D eigenvalue weighted by Gasteiger charge is 2.19. The zero-order valence-electron chi connectivity index (χ0n) is 42.0. The van der Waals surface area contributed by atoms with Gasteiger partial charge < -0.3 is 14.2 Å². The van der Waals surface area contributed by atoms with Gasteiger partial charge in [0.05, 0.1) is 0 Å². The number of rotatable bonds is 46. The van der Waals surface area contributed by atoms with E-state index in [-0.39, 0.29) is 44.0 Å². The third kappa shape index (κ3) is 50.9. The number of carbonyl (C=O) groups is 3. The molecule has 0 bridgehead atoms. The number of allylic oxidation sites excluding steroid dienone is 18. The first-order chi connectivity index (χ1) is 32.0. The average Bonchev–Trinajstić information content (AvgIpc) is 3.30. The first-order valence-corrected chi connectivity index (χ1v) is 26.4. The molecule has 0 rings (SSSR count). The van der Waals surface area contributed by atoms with Crippen LogP contribution >= 0.6 is 0 Å². The SMILES string of the molecule is CCCCC/C=C\C/C=C\C/C=C\C/C=C\CCCC(=O)OCC(COC(=O)CCCCC/C=C\CCCCCCCC)OC(=O)CCC/C=C\C/C=C\C/C=C\C/C=C\CCCCC. The van der Waals surface area contributed by atoms with Crippen molar-refractivity contribution in [3.63, 3.8) is 0 Å². The molecule has 0 aliphatic heterocycles. The summed E-state index contributed by atoms with van der Waals surface area (Å²) in [4.78, 5) is 38.0. The van der Waals surface area contributed by atoms with Crippen LogP contribution in [0.4, 0.5) is 0 Å². The van der Waals surface area contributed by atoms with Crippen LogP contribution in [0, 0.1) is 0 Å². The molecule has 0 aliphatic rings. The van der Waals surface area contributed by atoms with Gasteiger partial charge in [-0.3, -0.25) is 14.4 Å². The van der Waals surface area contributed by atoms with Crippen molar-refractivity contribution >= 4 is 17.9 Å². The largest absolute Gasteiger partial charge is 0.462 e. The van der Waals surface area contributed by atoms with Crippen molar-refractivity contribution in [1.82, 2.24) is 0 Å². The first-order valence-electron chi connectivity index (χ1n) is 26.4. The molecule has 0 heterocycles. The summed E-state index contributed by atoms with van der Waals surface area (Å²) in [5.74, 6) is -1.06. The standard InChI is InChI=1S/C59H96O6/c1-4-7-10-13-16-19-22-25-27-29-31-34-37-40-43-46-49-52-58(61)64-55-56(54-63-57(60)51-48-45-42-39-36-33-24-21-18-15-12-9-6-3)65-59(62)53-50-47-44-41-38-35-32-30-28-26-23-20-17-14-11-8-5-2/h16-17,19-20,25-28,31-36,40-41,43-44,56H,4-15,18,21-24,29-30,37-39,42,45-55H2,1-3H3/b19-16-,20-17-,27-25-,28-26-,34-31-,35-32-,36-33-,43-40-,44-41-. The monoisotopic (exact) mass is 901 g/mol. The van der Waals surface area contributed by atoms with Crippen LogP contribution < -0.4 is 0 Å². The molecule has 1 unspecified atom stereocenters. The lowest BCUT2D eigenvalue weighted by molar-refractivity contribution is -0.167. The Morgan fingerprint density at radius 2 is 0.569 bits per heavy atom. The van der Waals surface area contributed by atoms with E-state index in [1.807, 2.05) is 0 Å². The third-order valence-electron chi connectivity index (χ3n) is 10.7. The molecule has 0 amide bonds. The second kappa shape index (κ2) is 52.7. The number of hydrogen-bond acceptors (Lipinski definition) is 6. The van der Waals surface area contributed by atoms with Crippen LogP contribution in [-0.2, 0) is 28.6 Å². The molecule has 0 fully saturated rings. The van der Waals surface area contributed by atoms with Gasteiger partial charge in [-0.05, 0) is 122 Å². The van der Waals surface area contributed by atoms with Gasteiger partial charge in [-0.15, -0.1) is 0 Å². The smallest absolute Gasteiger partial charge is 0.306 e. The fourth-order valence-corrected chi connectivity index (χ4v) is 6.71. The van der Waals surface area contributed by atoms with Crippen molar-refractivity contribution in [2.24, 2.45) is 0 Å². The average molecular weight is 901 g/mol. The molecule has 0 saturated carbocycles. The van der Waals surface area contributed by atoms with Crippen molar-refractivity contribution in [3.8, 4) is 0 Å². The fourth-order valence-electron chi connectivity index (χ4n) is 6.71. The van der Waals surface area contributed by atoms with E-state index in [0.29, 0.717) is 19.3 Å². The molecule has 0 radical (unpaired) electrons. The topological polar surface area (TPSA) is 78.9 Å². The minimum absolute atomic E-state index is 0.127.